The van der Waals surface area contributed by atoms with Crippen LogP contribution in [0.4, 0.5) is 5.69 Å². The maximum atomic E-state index is 12.5. The molecule has 2 saturated heterocycles. The summed E-state index contributed by atoms with van der Waals surface area (Å²) in [5.74, 6) is -0.906. The van der Waals surface area contributed by atoms with Crippen LogP contribution in [0.2, 0.25) is 0 Å². The van der Waals surface area contributed by atoms with Gasteiger partial charge in [0.15, 0.2) is 0 Å². The average molecular weight is 379 g/mol. The van der Waals surface area contributed by atoms with Gasteiger partial charge in [0.1, 0.15) is 0 Å². The summed E-state index contributed by atoms with van der Waals surface area (Å²) in [6, 6.07) is 6.47. The molecule has 26 heavy (non-hydrogen) atoms. The van der Waals surface area contributed by atoms with Gasteiger partial charge in [-0.25, -0.2) is 12.7 Å². The van der Waals surface area contributed by atoms with Gasteiger partial charge in [-0.2, -0.15) is 0 Å². The molecule has 0 spiro atoms. The van der Waals surface area contributed by atoms with E-state index in [4.69, 9.17) is 0 Å². The summed E-state index contributed by atoms with van der Waals surface area (Å²) in [6.07, 6.45) is 3.63. The molecule has 2 heterocycles. The van der Waals surface area contributed by atoms with Crippen LogP contribution in [0.1, 0.15) is 43.0 Å². The van der Waals surface area contributed by atoms with Crippen LogP contribution in [-0.4, -0.2) is 56.6 Å². The standard InChI is InChI=1S/C18H25N3O4S/c1-14(20-9-3-2-4-10-20)13-19-18(23)15-6-5-7-16(12-15)21-17(22)8-11-26(21,24)25/h5-7,12,14H,2-4,8-11,13H2,1H3,(H,19,23). The topological polar surface area (TPSA) is 86.8 Å². The van der Waals surface area contributed by atoms with Crippen molar-refractivity contribution in [2.45, 2.75) is 38.6 Å². The third-order valence-corrected chi connectivity index (χ3v) is 6.68. The smallest absolute Gasteiger partial charge is 0.251 e. The number of hydrogen-bond acceptors (Lipinski definition) is 5. The summed E-state index contributed by atoms with van der Waals surface area (Å²) in [5, 5.41) is 2.91. The fourth-order valence-electron chi connectivity index (χ4n) is 3.47. The minimum absolute atomic E-state index is 0.0217. The van der Waals surface area contributed by atoms with Crippen molar-refractivity contribution in [3.05, 3.63) is 29.8 Å². The van der Waals surface area contributed by atoms with Crippen molar-refractivity contribution in [2.24, 2.45) is 0 Å². The summed E-state index contributed by atoms with van der Waals surface area (Å²) in [5.41, 5.74) is 0.576. The van der Waals surface area contributed by atoms with Gasteiger partial charge >= 0.3 is 0 Å². The van der Waals surface area contributed by atoms with Crippen molar-refractivity contribution in [1.29, 1.82) is 0 Å². The van der Waals surface area contributed by atoms with E-state index in [-0.39, 0.29) is 29.8 Å². The Hall–Kier alpha value is -1.93. The molecule has 1 N–H and O–H groups in total. The number of rotatable bonds is 5. The molecule has 1 aromatic carbocycles. The zero-order valence-corrected chi connectivity index (χ0v) is 15.8. The van der Waals surface area contributed by atoms with Gasteiger partial charge in [0.25, 0.3) is 5.91 Å². The first-order valence-electron chi connectivity index (χ1n) is 9.06. The fraction of sp³-hybridized carbons (Fsp3) is 0.556. The van der Waals surface area contributed by atoms with Gasteiger partial charge in [0.2, 0.25) is 15.9 Å². The molecule has 2 aliphatic rings. The molecule has 0 radical (unpaired) electrons. The first-order valence-corrected chi connectivity index (χ1v) is 10.7. The number of nitrogens with zero attached hydrogens (tertiary/aromatic N) is 2. The number of piperidine rings is 1. The second kappa shape index (κ2) is 7.75. The normalized spacial score (nSPS) is 21.6. The Labute approximate surface area is 154 Å². The molecule has 1 unspecified atom stereocenters. The first-order chi connectivity index (χ1) is 12.4. The summed E-state index contributed by atoms with van der Waals surface area (Å²) in [4.78, 5) is 26.7. The lowest BCUT2D eigenvalue weighted by atomic mass is 10.1. The molecule has 2 fully saturated rings. The lowest BCUT2D eigenvalue weighted by molar-refractivity contribution is -0.116. The highest BCUT2D eigenvalue weighted by atomic mass is 32.2. The quantitative estimate of drug-likeness (QED) is 0.835. The van der Waals surface area contributed by atoms with Crippen LogP contribution in [0.15, 0.2) is 24.3 Å². The predicted molar refractivity (Wildman–Crippen MR) is 99.6 cm³/mol. The van der Waals surface area contributed by atoms with Crippen molar-refractivity contribution >= 4 is 27.5 Å². The summed E-state index contributed by atoms with van der Waals surface area (Å²) in [6.45, 7) is 4.74. The number of benzene rings is 1. The molecule has 7 nitrogen and oxygen atoms in total. The van der Waals surface area contributed by atoms with Crippen molar-refractivity contribution in [2.75, 3.05) is 29.7 Å². The molecule has 2 amide bonds. The van der Waals surface area contributed by atoms with Gasteiger partial charge in [-0.3, -0.25) is 14.5 Å². The Kier molecular flexibility index (Phi) is 5.62. The average Bonchev–Trinajstić information content (AvgIpc) is 2.92. The van der Waals surface area contributed by atoms with Gasteiger partial charge < -0.3 is 5.32 Å². The van der Waals surface area contributed by atoms with Crippen LogP contribution in [0, 0.1) is 0 Å². The highest BCUT2D eigenvalue weighted by molar-refractivity contribution is 7.94. The third-order valence-electron chi connectivity index (χ3n) is 4.99. The van der Waals surface area contributed by atoms with Crippen LogP contribution in [0.25, 0.3) is 0 Å². The van der Waals surface area contributed by atoms with E-state index in [0.717, 1.165) is 17.4 Å². The minimum Gasteiger partial charge on any atom is -0.350 e. The molecule has 2 aliphatic heterocycles. The Morgan fingerprint density at radius 3 is 2.62 bits per heavy atom. The maximum Gasteiger partial charge on any atom is 0.251 e. The zero-order valence-electron chi connectivity index (χ0n) is 15.0. The number of carbonyl (C=O) groups is 2. The molecule has 1 atom stereocenters. The largest absolute Gasteiger partial charge is 0.350 e. The van der Waals surface area contributed by atoms with E-state index < -0.39 is 15.9 Å². The molecule has 0 aromatic heterocycles. The number of nitrogens with one attached hydrogen (secondary N) is 1. The molecular formula is C18H25N3O4S. The third kappa shape index (κ3) is 4.07. The van der Waals surface area contributed by atoms with Gasteiger partial charge in [-0.05, 0) is 51.1 Å². The molecule has 8 heteroatoms. The summed E-state index contributed by atoms with van der Waals surface area (Å²) < 4.78 is 24.9. The molecule has 3 rings (SSSR count). The second-order valence-electron chi connectivity index (χ2n) is 6.93. The summed E-state index contributed by atoms with van der Waals surface area (Å²) in [7, 11) is -3.63. The highest BCUT2D eigenvalue weighted by Gasteiger charge is 2.36. The number of anilines is 1. The Bertz CT molecular complexity index is 787. The minimum atomic E-state index is -3.63. The molecular weight excluding hydrogens is 354 g/mol. The molecule has 0 aliphatic carbocycles. The van der Waals surface area contributed by atoms with Crippen molar-refractivity contribution < 1.29 is 18.0 Å². The van der Waals surface area contributed by atoms with Gasteiger partial charge in [-0.15, -0.1) is 0 Å². The number of carbonyl (C=O) groups excluding carboxylic acids is 2. The number of amides is 2. The van der Waals surface area contributed by atoms with Gasteiger partial charge in [0, 0.05) is 24.6 Å². The molecule has 142 valence electrons. The Morgan fingerprint density at radius 2 is 1.96 bits per heavy atom. The van der Waals surface area contributed by atoms with Crippen molar-refractivity contribution in [3.63, 3.8) is 0 Å². The van der Waals surface area contributed by atoms with Crippen molar-refractivity contribution in [3.8, 4) is 0 Å². The molecule has 0 bridgehead atoms. The van der Waals surface area contributed by atoms with E-state index in [1.807, 2.05) is 0 Å². The Morgan fingerprint density at radius 1 is 1.23 bits per heavy atom. The predicted octanol–water partition coefficient (Wildman–Crippen LogP) is 1.36. The van der Waals surface area contributed by atoms with E-state index >= 15 is 0 Å². The van der Waals surface area contributed by atoms with Crippen LogP contribution in [-0.2, 0) is 14.8 Å². The van der Waals surface area contributed by atoms with Crippen LogP contribution >= 0.6 is 0 Å². The number of sulfonamides is 1. The fourth-order valence-corrected chi connectivity index (χ4v) is 4.92. The van der Waals surface area contributed by atoms with E-state index in [1.54, 1.807) is 12.1 Å². The number of likely N-dealkylation sites (tertiary alicyclic amines) is 1. The monoisotopic (exact) mass is 379 g/mol. The van der Waals surface area contributed by atoms with Gasteiger partial charge in [-0.1, -0.05) is 12.5 Å². The molecule has 1 aromatic rings. The van der Waals surface area contributed by atoms with Crippen molar-refractivity contribution in [1.82, 2.24) is 10.2 Å². The highest BCUT2D eigenvalue weighted by Crippen LogP contribution is 2.25. The van der Waals surface area contributed by atoms with Crippen LogP contribution in [0.5, 0.6) is 0 Å². The van der Waals surface area contributed by atoms with Gasteiger partial charge in [0.05, 0.1) is 11.4 Å². The van der Waals surface area contributed by atoms with Crippen LogP contribution < -0.4 is 9.62 Å². The number of hydrogen-bond donors (Lipinski definition) is 1. The molecule has 0 saturated carbocycles. The second-order valence-corrected chi connectivity index (χ2v) is 8.87. The van der Waals surface area contributed by atoms with E-state index in [1.165, 1.54) is 31.4 Å². The SMILES string of the molecule is CC(CNC(=O)c1cccc(N2C(=O)CCS2(=O)=O)c1)N1CCCCC1. The zero-order chi connectivity index (χ0) is 18.7. The maximum absolute atomic E-state index is 12.5. The summed E-state index contributed by atoms with van der Waals surface area (Å²) >= 11 is 0. The van der Waals surface area contributed by atoms with E-state index in [9.17, 15) is 18.0 Å². The van der Waals surface area contributed by atoms with Crippen LogP contribution in [0.3, 0.4) is 0 Å². The first kappa shape index (κ1) is 18.8. The van der Waals surface area contributed by atoms with E-state index in [0.29, 0.717) is 12.1 Å². The lowest BCUT2D eigenvalue weighted by Gasteiger charge is -2.32. The lowest BCUT2D eigenvalue weighted by Crippen LogP contribution is -2.44. The van der Waals surface area contributed by atoms with E-state index in [2.05, 4.69) is 17.1 Å². The Balaban J connectivity index is 1.66.